The van der Waals surface area contributed by atoms with E-state index in [1.165, 1.54) is 43.9 Å². The molecule has 0 radical (unpaired) electrons. The number of aryl methyl sites for hydroxylation is 1. The molecule has 2 aromatic carbocycles. The molecule has 1 aromatic heterocycles. The number of carbonyl (C=O) groups excluding carboxylic acids is 1. The molecule has 6 heteroatoms. The number of anilines is 1. The summed E-state index contributed by atoms with van der Waals surface area (Å²) in [7, 11) is 0. The first-order valence-electron chi connectivity index (χ1n) is 10.2. The number of amides is 1. The fourth-order valence-electron chi connectivity index (χ4n) is 3.97. The molecule has 3 aromatic rings. The number of hydrogen-bond donors (Lipinski definition) is 1. The van der Waals surface area contributed by atoms with Gasteiger partial charge in [-0.3, -0.25) is 4.79 Å². The van der Waals surface area contributed by atoms with Crippen molar-refractivity contribution in [2.24, 2.45) is 0 Å². The van der Waals surface area contributed by atoms with Gasteiger partial charge in [0, 0.05) is 6.04 Å². The topological polar surface area (TPSA) is 46.9 Å². The fraction of sp³-hybridized carbons (Fsp3) is 0.391. The number of thioether (sulfide) groups is 1. The molecule has 152 valence electrons. The van der Waals surface area contributed by atoms with Crippen LogP contribution in [0.5, 0.6) is 0 Å². The highest BCUT2D eigenvalue weighted by Crippen LogP contribution is 2.37. The van der Waals surface area contributed by atoms with Gasteiger partial charge in [-0.25, -0.2) is 4.98 Å². The number of imidazole rings is 1. The van der Waals surface area contributed by atoms with Crippen molar-refractivity contribution in [2.45, 2.75) is 62.4 Å². The summed E-state index contributed by atoms with van der Waals surface area (Å²) in [6.45, 7) is 3.90. The Bertz CT molecular complexity index is 1030. The summed E-state index contributed by atoms with van der Waals surface area (Å²) < 4.78 is 2.36. The van der Waals surface area contributed by atoms with Crippen molar-refractivity contribution in [2.75, 3.05) is 5.32 Å². The van der Waals surface area contributed by atoms with Crippen LogP contribution in [0, 0.1) is 6.92 Å². The Morgan fingerprint density at radius 3 is 2.72 bits per heavy atom. The molecule has 1 N–H and O–H groups in total. The summed E-state index contributed by atoms with van der Waals surface area (Å²) in [5.41, 5.74) is 3.87. The molecule has 0 spiro atoms. The Hall–Kier alpha value is -1.98. The minimum absolute atomic E-state index is 0.0667. The SMILES string of the molecule is Cc1ccc(NC(=O)C(C)Sc2nc3ccccc3n2C2CCCCC2)c(Cl)c1. The molecule has 0 bridgehead atoms. The maximum Gasteiger partial charge on any atom is 0.237 e. The minimum Gasteiger partial charge on any atom is -0.324 e. The van der Waals surface area contributed by atoms with E-state index in [0.29, 0.717) is 16.8 Å². The molecular formula is C23H26ClN3OS. The number of hydrogen-bond acceptors (Lipinski definition) is 3. The molecule has 1 unspecified atom stereocenters. The van der Waals surface area contributed by atoms with Crippen LogP contribution < -0.4 is 5.32 Å². The summed E-state index contributed by atoms with van der Waals surface area (Å²) >= 11 is 7.80. The number of carbonyl (C=O) groups is 1. The number of benzene rings is 2. The van der Waals surface area contributed by atoms with Crippen molar-refractivity contribution in [3.63, 3.8) is 0 Å². The first-order valence-corrected chi connectivity index (χ1v) is 11.5. The highest BCUT2D eigenvalue weighted by atomic mass is 35.5. The van der Waals surface area contributed by atoms with E-state index < -0.39 is 0 Å². The summed E-state index contributed by atoms with van der Waals surface area (Å²) in [4.78, 5) is 17.7. The average Bonchev–Trinajstić information content (AvgIpc) is 3.08. The van der Waals surface area contributed by atoms with Crippen molar-refractivity contribution in [3.05, 3.63) is 53.1 Å². The molecule has 1 aliphatic rings. The van der Waals surface area contributed by atoms with Crippen molar-refractivity contribution < 1.29 is 4.79 Å². The highest BCUT2D eigenvalue weighted by molar-refractivity contribution is 8.00. The maximum absolute atomic E-state index is 12.8. The zero-order valence-corrected chi connectivity index (χ0v) is 18.4. The Morgan fingerprint density at radius 2 is 1.97 bits per heavy atom. The molecule has 1 aliphatic carbocycles. The quantitative estimate of drug-likeness (QED) is 0.465. The van der Waals surface area contributed by atoms with Gasteiger partial charge in [0.1, 0.15) is 0 Å². The van der Waals surface area contributed by atoms with Crippen molar-refractivity contribution >= 4 is 46.0 Å². The lowest BCUT2D eigenvalue weighted by Gasteiger charge is -2.26. The molecule has 1 amide bonds. The van der Waals surface area contributed by atoms with Gasteiger partial charge in [-0.05, 0) is 56.5 Å². The van der Waals surface area contributed by atoms with Gasteiger partial charge < -0.3 is 9.88 Å². The van der Waals surface area contributed by atoms with E-state index in [1.807, 2.05) is 38.1 Å². The summed E-state index contributed by atoms with van der Waals surface area (Å²) in [6, 6.07) is 14.4. The Labute approximate surface area is 181 Å². The number of nitrogens with zero attached hydrogens (tertiary/aromatic N) is 2. The van der Waals surface area contributed by atoms with E-state index in [0.717, 1.165) is 21.8 Å². The molecule has 1 atom stereocenters. The number of fused-ring (bicyclic) bond motifs is 1. The van der Waals surface area contributed by atoms with Crippen LogP contribution in [0.3, 0.4) is 0 Å². The highest BCUT2D eigenvalue weighted by Gasteiger charge is 2.25. The smallest absolute Gasteiger partial charge is 0.237 e. The monoisotopic (exact) mass is 427 g/mol. The summed E-state index contributed by atoms with van der Waals surface area (Å²) in [6.07, 6.45) is 6.16. The van der Waals surface area contributed by atoms with Gasteiger partial charge in [0.2, 0.25) is 5.91 Å². The molecule has 1 saturated carbocycles. The Kier molecular flexibility index (Phi) is 6.16. The van der Waals surface area contributed by atoms with Crippen LogP contribution in [0.15, 0.2) is 47.6 Å². The lowest BCUT2D eigenvalue weighted by atomic mass is 9.95. The van der Waals surface area contributed by atoms with Gasteiger partial charge in [0.05, 0.1) is 27.0 Å². The predicted molar refractivity (Wildman–Crippen MR) is 122 cm³/mol. The van der Waals surface area contributed by atoms with E-state index in [2.05, 4.69) is 28.1 Å². The fourth-order valence-corrected chi connectivity index (χ4v) is 5.24. The Morgan fingerprint density at radius 1 is 1.21 bits per heavy atom. The molecule has 4 rings (SSSR count). The molecule has 0 saturated heterocycles. The van der Waals surface area contributed by atoms with E-state index >= 15 is 0 Å². The zero-order valence-electron chi connectivity index (χ0n) is 16.8. The molecule has 1 fully saturated rings. The van der Waals surface area contributed by atoms with Crippen molar-refractivity contribution in [1.29, 1.82) is 0 Å². The number of para-hydroxylation sites is 2. The zero-order chi connectivity index (χ0) is 20.4. The van der Waals surface area contributed by atoms with E-state index in [1.54, 1.807) is 0 Å². The van der Waals surface area contributed by atoms with Crippen LogP contribution in [0.25, 0.3) is 11.0 Å². The van der Waals surface area contributed by atoms with Crippen molar-refractivity contribution in [1.82, 2.24) is 9.55 Å². The maximum atomic E-state index is 12.8. The van der Waals surface area contributed by atoms with Gasteiger partial charge in [-0.1, -0.05) is 60.8 Å². The molecule has 29 heavy (non-hydrogen) atoms. The first kappa shape index (κ1) is 20.3. The lowest BCUT2D eigenvalue weighted by Crippen LogP contribution is -2.23. The second kappa shape index (κ2) is 8.80. The second-order valence-electron chi connectivity index (χ2n) is 7.78. The van der Waals surface area contributed by atoms with Crippen LogP contribution in [0.4, 0.5) is 5.69 Å². The third-order valence-electron chi connectivity index (χ3n) is 5.54. The molecule has 4 nitrogen and oxygen atoms in total. The number of rotatable bonds is 5. The summed E-state index contributed by atoms with van der Waals surface area (Å²) in [5, 5.41) is 4.16. The van der Waals surface area contributed by atoms with Crippen LogP contribution >= 0.6 is 23.4 Å². The largest absolute Gasteiger partial charge is 0.324 e. The van der Waals surface area contributed by atoms with Crippen LogP contribution in [-0.4, -0.2) is 20.7 Å². The Balaban J connectivity index is 1.57. The second-order valence-corrected chi connectivity index (χ2v) is 9.49. The number of halogens is 1. The molecular weight excluding hydrogens is 402 g/mol. The van der Waals surface area contributed by atoms with Crippen LogP contribution in [0.2, 0.25) is 5.02 Å². The predicted octanol–water partition coefficient (Wildman–Crippen LogP) is 6.62. The molecule has 0 aliphatic heterocycles. The van der Waals surface area contributed by atoms with Gasteiger partial charge in [-0.2, -0.15) is 0 Å². The standard InChI is InChI=1S/C23H26ClN3OS/c1-15-12-13-19(18(24)14-15)25-22(28)16(2)29-23-26-20-10-6-7-11-21(20)27(23)17-8-4-3-5-9-17/h6-7,10-14,16-17H,3-5,8-9H2,1-2H3,(H,25,28). The first-order chi connectivity index (χ1) is 14.0. The molecule has 1 heterocycles. The third-order valence-corrected chi connectivity index (χ3v) is 6.92. The van der Waals surface area contributed by atoms with Crippen LogP contribution in [0.1, 0.15) is 50.6 Å². The number of nitrogens with one attached hydrogen (secondary N) is 1. The van der Waals surface area contributed by atoms with Gasteiger partial charge >= 0.3 is 0 Å². The van der Waals surface area contributed by atoms with Gasteiger partial charge in [0.15, 0.2) is 5.16 Å². The van der Waals surface area contributed by atoms with Gasteiger partial charge in [0.25, 0.3) is 0 Å². The van der Waals surface area contributed by atoms with E-state index in [9.17, 15) is 4.79 Å². The number of aromatic nitrogens is 2. The minimum atomic E-state index is -0.286. The van der Waals surface area contributed by atoms with E-state index in [4.69, 9.17) is 16.6 Å². The van der Waals surface area contributed by atoms with Crippen molar-refractivity contribution in [3.8, 4) is 0 Å². The van der Waals surface area contributed by atoms with Crippen LogP contribution in [-0.2, 0) is 4.79 Å². The average molecular weight is 428 g/mol. The normalized spacial score (nSPS) is 16.1. The lowest BCUT2D eigenvalue weighted by molar-refractivity contribution is -0.115. The van der Waals surface area contributed by atoms with E-state index in [-0.39, 0.29) is 11.2 Å². The summed E-state index contributed by atoms with van der Waals surface area (Å²) in [5.74, 6) is -0.0667. The third kappa shape index (κ3) is 4.46. The van der Waals surface area contributed by atoms with Gasteiger partial charge in [-0.15, -0.1) is 0 Å².